The molecule has 3 nitrogen and oxygen atoms in total. The van der Waals surface area contributed by atoms with E-state index in [0.717, 1.165) is 6.42 Å². The molecule has 1 aromatic rings. The molecular formula is C15H22O3. The summed E-state index contributed by atoms with van der Waals surface area (Å²) in [6.45, 7) is 8.00. The van der Waals surface area contributed by atoms with Crippen LogP contribution in [0.1, 0.15) is 45.6 Å². The molecular weight excluding hydrogens is 228 g/mol. The summed E-state index contributed by atoms with van der Waals surface area (Å²) >= 11 is 0. The Morgan fingerprint density at radius 1 is 1.22 bits per heavy atom. The first kappa shape index (κ1) is 14.6. The summed E-state index contributed by atoms with van der Waals surface area (Å²) in [7, 11) is 0. The smallest absolute Gasteiger partial charge is 0.345 e. The SMILES string of the molecule is CCC(C)c1ccc(OC(C(=O)O)C(C)C)cc1. The van der Waals surface area contributed by atoms with Gasteiger partial charge in [0.25, 0.3) is 0 Å². The van der Waals surface area contributed by atoms with Crippen LogP contribution in [0.15, 0.2) is 24.3 Å². The van der Waals surface area contributed by atoms with Crippen molar-refractivity contribution in [3.63, 3.8) is 0 Å². The van der Waals surface area contributed by atoms with E-state index in [1.54, 1.807) is 0 Å². The molecule has 2 atom stereocenters. The van der Waals surface area contributed by atoms with E-state index in [0.29, 0.717) is 11.7 Å². The Hall–Kier alpha value is -1.51. The number of rotatable bonds is 6. The van der Waals surface area contributed by atoms with Crippen LogP contribution in [0.4, 0.5) is 0 Å². The highest BCUT2D eigenvalue weighted by Gasteiger charge is 2.23. The predicted molar refractivity (Wildman–Crippen MR) is 72.0 cm³/mol. The molecule has 1 aromatic carbocycles. The van der Waals surface area contributed by atoms with Gasteiger partial charge in [0.1, 0.15) is 5.75 Å². The molecule has 1 N–H and O–H groups in total. The summed E-state index contributed by atoms with van der Waals surface area (Å²) < 4.78 is 5.51. The maximum absolute atomic E-state index is 11.0. The minimum Gasteiger partial charge on any atom is -0.478 e. The standard InChI is InChI=1S/C15H22O3/c1-5-11(4)12-6-8-13(9-7-12)18-14(10(2)3)15(16)17/h6-11,14H,5H2,1-4H3,(H,16,17). The van der Waals surface area contributed by atoms with E-state index in [2.05, 4.69) is 13.8 Å². The van der Waals surface area contributed by atoms with Gasteiger partial charge in [0.05, 0.1) is 0 Å². The first-order valence-electron chi connectivity index (χ1n) is 6.45. The molecule has 0 aliphatic heterocycles. The number of carboxylic acids is 1. The zero-order valence-corrected chi connectivity index (χ0v) is 11.5. The Labute approximate surface area is 109 Å². The van der Waals surface area contributed by atoms with E-state index in [1.807, 2.05) is 38.1 Å². The van der Waals surface area contributed by atoms with E-state index in [9.17, 15) is 4.79 Å². The van der Waals surface area contributed by atoms with Crippen LogP contribution in [0.2, 0.25) is 0 Å². The van der Waals surface area contributed by atoms with Crippen molar-refractivity contribution < 1.29 is 14.6 Å². The highest BCUT2D eigenvalue weighted by molar-refractivity contribution is 5.73. The van der Waals surface area contributed by atoms with Gasteiger partial charge in [0, 0.05) is 5.92 Å². The molecule has 0 bridgehead atoms. The summed E-state index contributed by atoms with van der Waals surface area (Å²) in [5.74, 6) is 0.148. The normalized spacial score (nSPS) is 14.3. The highest BCUT2D eigenvalue weighted by Crippen LogP contribution is 2.23. The molecule has 0 fully saturated rings. The molecule has 0 radical (unpaired) electrons. The number of carbonyl (C=O) groups is 1. The number of hydrogen-bond donors (Lipinski definition) is 1. The van der Waals surface area contributed by atoms with Crippen molar-refractivity contribution in [3.8, 4) is 5.75 Å². The van der Waals surface area contributed by atoms with Gasteiger partial charge < -0.3 is 9.84 Å². The fourth-order valence-corrected chi connectivity index (χ4v) is 1.73. The average molecular weight is 250 g/mol. The lowest BCUT2D eigenvalue weighted by atomic mass is 9.99. The lowest BCUT2D eigenvalue weighted by Crippen LogP contribution is -2.32. The molecule has 2 unspecified atom stereocenters. The van der Waals surface area contributed by atoms with Gasteiger partial charge in [0.15, 0.2) is 6.10 Å². The minimum atomic E-state index is -0.920. The topological polar surface area (TPSA) is 46.5 Å². The largest absolute Gasteiger partial charge is 0.478 e. The van der Waals surface area contributed by atoms with Gasteiger partial charge in [-0.2, -0.15) is 0 Å². The molecule has 18 heavy (non-hydrogen) atoms. The molecule has 0 saturated carbocycles. The third-order valence-electron chi connectivity index (χ3n) is 3.17. The number of aliphatic carboxylic acids is 1. The average Bonchev–Trinajstić information content (AvgIpc) is 2.35. The van der Waals surface area contributed by atoms with E-state index in [-0.39, 0.29) is 5.92 Å². The molecule has 0 saturated heterocycles. The van der Waals surface area contributed by atoms with Crippen LogP contribution in [-0.4, -0.2) is 17.2 Å². The number of benzene rings is 1. The van der Waals surface area contributed by atoms with Crippen LogP contribution >= 0.6 is 0 Å². The molecule has 0 amide bonds. The summed E-state index contributed by atoms with van der Waals surface area (Å²) in [5, 5.41) is 9.06. The zero-order chi connectivity index (χ0) is 13.7. The number of hydrogen-bond acceptors (Lipinski definition) is 2. The second kappa shape index (κ2) is 6.43. The lowest BCUT2D eigenvalue weighted by Gasteiger charge is -2.19. The molecule has 0 aliphatic carbocycles. The van der Waals surface area contributed by atoms with Crippen LogP contribution in [0.5, 0.6) is 5.75 Å². The maximum Gasteiger partial charge on any atom is 0.345 e. The molecule has 0 aliphatic rings. The fraction of sp³-hybridized carbons (Fsp3) is 0.533. The fourth-order valence-electron chi connectivity index (χ4n) is 1.73. The van der Waals surface area contributed by atoms with Crippen LogP contribution in [0, 0.1) is 5.92 Å². The quantitative estimate of drug-likeness (QED) is 0.837. The lowest BCUT2D eigenvalue weighted by molar-refractivity contribution is -0.147. The Kier molecular flexibility index (Phi) is 5.20. The van der Waals surface area contributed by atoms with Crippen molar-refractivity contribution in [2.24, 2.45) is 5.92 Å². The van der Waals surface area contributed by atoms with E-state index in [1.165, 1.54) is 5.56 Å². The van der Waals surface area contributed by atoms with Gasteiger partial charge >= 0.3 is 5.97 Å². The van der Waals surface area contributed by atoms with Crippen LogP contribution in [-0.2, 0) is 4.79 Å². The Bertz CT molecular complexity index is 381. The van der Waals surface area contributed by atoms with Crippen molar-refractivity contribution in [1.82, 2.24) is 0 Å². The molecule has 1 rings (SSSR count). The zero-order valence-electron chi connectivity index (χ0n) is 11.5. The monoisotopic (exact) mass is 250 g/mol. The first-order valence-corrected chi connectivity index (χ1v) is 6.45. The van der Waals surface area contributed by atoms with Gasteiger partial charge in [-0.05, 0) is 30.0 Å². The highest BCUT2D eigenvalue weighted by atomic mass is 16.5. The van der Waals surface area contributed by atoms with E-state index < -0.39 is 12.1 Å². The molecule has 100 valence electrons. The summed E-state index contributed by atoms with van der Waals surface area (Å²) in [5.41, 5.74) is 1.25. The Morgan fingerprint density at radius 3 is 2.17 bits per heavy atom. The minimum absolute atomic E-state index is 0.0586. The van der Waals surface area contributed by atoms with Gasteiger partial charge in [-0.3, -0.25) is 0 Å². The first-order chi connectivity index (χ1) is 8.45. The Morgan fingerprint density at radius 2 is 1.78 bits per heavy atom. The second-order valence-corrected chi connectivity index (χ2v) is 5.00. The molecule has 3 heteroatoms. The van der Waals surface area contributed by atoms with Crippen molar-refractivity contribution in [2.45, 2.75) is 46.1 Å². The van der Waals surface area contributed by atoms with Crippen LogP contribution in [0.3, 0.4) is 0 Å². The summed E-state index contributed by atoms with van der Waals surface area (Å²) in [6.07, 6.45) is 0.295. The maximum atomic E-state index is 11.0. The number of ether oxygens (including phenoxy) is 1. The van der Waals surface area contributed by atoms with Gasteiger partial charge in [-0.15, -0.1) is 0 Å². The molecule has 0 heterocycles. The van der Waals surface area contributed by atoms with Crippen molar-refractivity contribution in [2.75, 3.05) is 0 Å². The van der Waals surface area contributed by atoms with Gasteiger partial charge in [0.2, 0.25) is 0 Å². The van der Waals surface area contributed by atoms with Crippen LogP contribution in [0.25, 0.3) is 0 Å². The molecule has 0 aromatic heterocycles. The van der Waals surface area contributed by atoms with Crippen molar-refractivity contribution >= 4 is 5.97 Å². The number of carboxylic acid groups (broad SMARTS) is 1. The second-order valence-electron chi connectivity index (χ2n) is 5.00. The summed E-state index contributed by atoms with van der Waals surface area (Å²) in [4.78, 5) is 11.0. The third kappa shape index (κ3) is 3.76. The predicted octanol–water partition coefficient (Wildman–Crippen LogP) is 3.69. The van der Waals surface area contributed by atoms with Crippen molar-refractivity contribution in [1.29, 1.82) is 0 Å². The van der Waals surface area contributed by atoms with E-state index >= 15 is 0 Å². The Balaban J connectivity index is 2.76. The van der Waals surface area contributed by atoms with Gasteiger partial charge in [-0.1, -0.05) is 39.8 Å². The van der Waals surface area contributed by atoms with Crippen LogP contribution < -0.4 is 4.74 Å². The molecule has 0 spiro atoms. The van der Waals surface area contributed by atoms with Crippen molar-refractivity contribution in [3.05, 3.63) is 29.8 Å². The summed E-state index contributed by atoms with van der Waals surface area (Å²) in [6, 6.07) is 7.70. The third-order valence-corrected chi connectivity index (χ3v) is 3.17. The van der Waals surface area contributed by atoms with E-state index in [4.69, 9.17) is 9.84 Å². The van der Waals surface area contributed by atoms with Gasteiger partial charge in [-0.25, -0.2) is 4.79 Å².